The zero-order chi connectivity index (χ0) is 30.8. The van der Waals surface area contributed by atoms with Crippen LogP contribution in [0.25, 0.3) is 10.4 Å². The van der Waals surface area contributed by atoms with Gasteiger partial charge in [-0.3, -0.25) is 14.3 Å². The van der Waals surface area contributed by atoms with Crippen molar-refractivity contribution in [2.45, 2.75) is 36.4 Å². The fourth-order valence-corrected chi connectivity index (χ4v) is 6.84. The van der Waals surface area contributed by atoms with Gasteiger partial charge in [-0.1, -0.05) is 60.7 Å². The van der Waals surface area contributed by atoms with E-state index in [1.54, 1.807) is 20.3 Å². The third-order valence-electron chi connectivity index (χ3n) is 8.28. The van der Waals surface area contributed by atoms with Gasteiger partial charge in [-0.15, -0.1) is 11.3 Å². The van der Waals surface area contributed by atoms with Crippen LogP contribution in [0.1, 0.15) is 29.3 Å². The molecule has 0 radical (unpaired) electrons. The van der Waals surface area contributed by atoms with Crippen molar-refractivity contribution in [2.75, 3.05) is 14.2 Å². The van der Waals surface area contributed by atoms with Crippen molar-refractivity contribution in [1.29, 1.82) is 0 Å². The van der Waals surface area contributed by atoms with Gasteiger partial charge >= 0.3 is 5.69 Å². The van der Waals surface area contributed by atoms with Gasteiger partial charge in [0.05, 0.1) is 31.3 Å². The van der Waals surface area contributed by atoms with Gasteiger partial charge in [0.15, 0.2) is 0 Å². The Morgan fingerprint density at radius 1 is 0.886 bits per heavy atom. The Hall–Kier alpha value is -4.48. The number of thiophene rings is 1. The van der Waals surface area contributed by atoms with E-state index in [-0.39, 0.29) is 6.42 Å². The van der Waals surface area contributed by atoms with Crippen molar-refractivity contribution in [2.24, 2.45) is 0 Å². The van der Waals surface area contributed by atoms with E-state index in [0.717, 1.165) is 16.7 Å². The minimum atomic E-state index is -1.33. The summed E-state index contributed by atoms with van der Waals surface area (Å²) in [4.78, 5) is 28.7. The molecule has 226 valence electrons. The highest BCUT2D eigenvalue weighted by Crippen LogP contribution is 2.47. The Labute approximate surface area is 257 Å². The molecule has 2 aromatic heterocycles. The SMILES string of the molecule is COc1ccc(C(c2ccccc2)(c2ccc(OC)cc2)C(O)[C@H]2O[C@@H](n3cc(-c4cccs4)c(=O)[nH]c3=O)C[C@@H]2O)cc1. The number of aliphatic hydroxyl groups is 2. The van der Waals surface area contributed by atoms with Crippen LogP contribution in [0, 0.1) is 0 Å². The molecule has 0 aliphatic carbocycles. The number of benzene rings is 3. The van der Waals surface area contributed by atoms with Gasteiger partial charge in [-0.25, -0.2) is 4.79 Å². The number of methoxy groups -OCH3 is 2. The van der Waals surface area contributed by atoms with Crippen LogP contribution in [0.3, 0.4) is 0 Å². The summed E-state index contributed by atoms with van der Waals surface area (Å²) in [5, 5.41) is 25.8. The number of nitrogens with zero attached hydrogens (tertiary/aromatic N) is 1. The van der Waals surface area contributed by atoms with Crippen molar-refractivity contribution >= 4 is 11.3 Å². The van der Waals surface area contributed by atoms with E-state index >= 15 is 0 Å². The predicted molar refractivity (Wildman–Crippen MR) is 167 cm³/mol. The first kappa shape index (κ1) is 29.6. The molecule has 1 fully saturated rings. The van der Waals surface area contributed by atoms with Gasteiger partial charge in [0.1, 0.15) is 29.9 Å². The molecule has 3 heterocycles. The molecule has 3 N–H and O–H groups in total. The van der Waals surface area contributed by atoms with Crippen LogP contribution in [0.4, 0.5) is 0 Å². The number of nitrogens with one attached hydrogen (secondary N) is 1. The maximum absolute atomic E-state index is 13.0. The highest BCUT2D eigenvalue weighted by atomic mass is 32.1. The second-order valence-electron chi connectivity index (χ2n) is 10.6. The van der Waals surface area contributed by atoms with E-state index in [2.05, 4.69) is 4.98 Å². The fraction of sp³-hybridized carbons (Fsp3) is 0.235. The third kappa shape index (κ3) is 5.16. The van der Waals surface area contributed by atoms with Crippen LogP contribution < -0.4 is 20.7 Å². The maximum Gasteiger partial charge on any atom is 0.330 e. The monoisotopic (exact) mass is 612 g/mol. The van der Waals surface area contributed by atoms with E-state index in [9.17, 15) is 19.8 Å². The molecule has 1 saturated heterocycles. The molecule has 0 amide bonds. The maximum atomic E-state index is 13.0. The fourth-order valence-electron chi connectivity index (χ4n) is 6.11. The highest BCUT2D eigenvalue weighted by molar-refractivity contribution is 7.13. The first-order valence-electron chi connectivity index (χ1n) is 14.1. The summed E-state index contributed by atoms with van der Waals surface area (Å²) in [6, 6.07) is 28.0. The van der Waals surface area contributed by atoms with Gasteiger partial charge in [0, 0.05) is 17.5 Å². The topological polar surface area (TPSA) is 123 Å². The molecule has 0 saturated carbocycles. The summed E-state index contributed by atoms with van der Waals surface area (Å²) in [6.45, 7) is 0. The lowest BCUT2D eigenvalue weighted by Crippen LogP contribution is -2.51. The Balaban J connectivity index is 1.48. The molecule has 44 heavy (non-hydrogen) atoms. The number of aromatic amines is 1. The van der Waals surface area contributed by atoms with E-state index < -0.39 is 41.2 Å². The predicted octanol–water partition coefficient (Wildman–Crippen LogP) is 4.33. The number of aromatic nitrogens is 2. The second-order valence-corrected chi connectivity index (χ2v) is 11.6. The molecule has 3 aromatic carbocycles. The van der Waals surface area contributed by atoms with Crippen LogP contribution in [-0.2, 0) is 10.2 Å². The molecular formula is C34H32N2O7S. The molecule has 9 nitrogen and oxygen atoms in total. The Kier molecular flexibility index (Phi) is 8.24. The number of hydrogen-bond acceptors (Lipinski definition) is 8. The van der Waals surface area contributed by atoms with Gasteiger partial charge in [0.2, 0.25) is 0 Å². The first-order chi connectivity index (χ1) is 21.4. The molecule has 10 heteroatoms. The summed E-state index contributed by atoms with van der Waals surface area (Å²) in [7, 11) is 3.17. The lowest BCUT2D eigenvalue weighted by atomic mass is 9.64. The Morgan fingerprint density at radius 2 is 1.48 bits per heavy atom. The second kappa shape index (κ2) is 12.3. The van der Waals surface area contributed by atoms with Crippen LogP contribution in [0.15, 0.2) is 112 Å². The molecule has 0 spiro atoms. The summed E-state index contributed by atoms with van der Waals surface area (Å²) < 4.78 is 18.5. The zero-order valence-corrected chi connectivity index (χ0v) is 24.9. The van der Waals surface area contributed by atoms with E-state index in [0.29, 0.717) is 21.9 Å². The number of ether oxygens (including phenoxy) is 3. The molecule has 0 bridgehead atoms. The largest absolute Gasteiger partial charge is 0.497 e. The summed E-state index contributed by atoms with van der Waals surface area (Å²) in [6.07, 6.45) is -3.05. The van der Waals surface area contributed by atoms with Crippen LogP contribution >= 0.6 is 11.3 Å². The number of H-pyrrole nitrogens is 1. The van der Waals surface area contributed by atoms with E-state index in [4.69, 9.17) is 14.2 Å². The van der Waals surface area contributed by atoms with Crippen LogP contribution in [0.2, 0.25) is 0 Å². The lowest BCUT2D eigenvalue weighted by molar-refractivity contribution is -0.0976. The number of aliphatic hydroxyl groups excluding tert-OH is 2. The first-order valence-corrected chi connectivity index (χ1v) is 15.0. The van der Waals surface area contributed by atoms with Gasteiger partial charge < -0.3 is 24.4 Å². The molecule has 6 rings (SSSR count). The van der Waals surface area contributed by atoms with Gasteiger partial charge in [-0.05, 0) is 52.4 Å². The Morgan fingerprint density at radius 3 is 2.02 bits per heavy atom. The Bertz CT molecular complexity index is 1770. The lowest BCUT2D eigenvalue weighted by Gasteiger charge is -2.43. The summed E-state index contributed by atoms with van der Waals surface area (Å²) in [5.41, 5.74) is 0.164. The van der Waals surface area contributed by atoms with Crippen molar-refractivity contribution in [3.8, 4) is 21.9 Å². The summed E-state index contributed by atoms with van der Waals surface area (Å²) in [5.74, 6) is 1.30. The van der Waals surface area contributed by atoms with Crippen LogP contribution in [0.5, 0.6) is 11.5 Å². The normalized spacial score (nSPS) is 19.0. The quantitative estimate of drug-likeness (QED) is 0.212. The highest BCUT2D eigenvalue weighted by Gasteiger charge is 2.52. The van der Waals surface area contributed by atoms with Crippen molar-refractivity contribution in [1.82, 2.24) is 9.55 Å². The summed E-state index contributed by atoms with van der Waals surface area (Å²) >= 11 is 1.37. The van der Waals surface area contributed by atoms with Gasteiger partial charge in [0.25, 0.3) is 5.56 Å². The third-order valence-corrected chi connectivity index (χ3v) is 9.18. The number of rotatable bonds is 9. The molecule has 1 aliphatic heterocycles. The van der Waals surface area contributed by atoms with Crippen molar-refractivity contribution in [3.63, 3.8) is 0 Å². The standard InChI is InChI=1S/C34H32N2O7S/c1-41-24-14-10-22(11-15-24)34(21-7-4-3-5-8-21,23-12-16-25(42-2)17-13-23)31(38)30-27(37)19-29(43-30)36-20-26(28-9-6-18-44-28)32(39)35-33(36)40/h3-18,20,27,29-31,37-38H,19H2,1-2H3,(H,35,39,40)/t27-,29+,30-,31?/m0/s1. The van der Waals surface area contributed by atoms with Crippen LogP contribution in [-0.4, -0.2) is 52.3 Å². The van der Waals surface area contributed by atoms with E-state index in [1.807, 2.05) is 90.3 Å². The van der Waals surface area contributed by atoms with Crippen molar-refractivity contribution in [3.05, 3.63) is 140 Å². The minimum Gasteiger partial charge on any atom is -0.497 e. The van der Waals surface area contributed by atoms with Gasteiger partial charge in [-0.2, -0.15) is 0 Å². The van der Waals surface area contributed by atoms with E-state index in [1.165, 1.54) is 22.1 Å². The molecule has 5 aromatic rings. The molecule has 1 unspecified atom stereocenters. The average molecular weight is 613 g/mol. The molecule has 1 aliphatic rings. The zero-order valence-electron chi connectivity index (χ0n) is 24.1. The smallest absolute Gasteiger partial charge is 0.330 e. The minimum absolute atomic E-state index is 0.0215. The number of hydrogen-bond donors (Lipinski definition) is 3. The molecular weight excluding hydrogens is 580 g/mol. The van der Waals surface area contributed by atoms with Crippen molar-refractivity contribution < 1.29 is 24.4 Å². The average Bonchev–Trinajstić information content (AvgIpc) is 3.73. The molecule has 4 atom stereocenters.